The van der Waals surface area contributed by atoms with Crippen molar-refractivity contribution in [3.8, 4) is 11.4 Å². The normalized spacial score (nSPS) is 15.9. The van der Waals surface area contributed by atoms with E-state index in [4.69, 9.17) is 16.6 Å². The van der Waals surface area contributed by atoms with Crippen LogP contribution in [-0.2, 0) is 6.54 Å². The van der Waals surface area contributed by atoms with Crippen LogP contribution in [0.1, 0.15) is 37.7 Å². The van der Waals surface area contributed by atoms with Crippen molar-refractivity contribution in [3.63, 3.8) is 0 Å². The van der Waals surface area contributed by atoms with Crippen LogP contribution in [0.4, 0.5) is 4.39 Å². The van der Waals surface area contributed by atoms with Crippen molar-refractivity contribution < 1.29 is 4.39 Å². The molecule has 168 valence electrons. The second kappa shape index (κ2) is 8.87. The van der Waals surface area contributed by atoms with E-state index in [2.05, 4.69) is 27.6 Å². The monoisotopic (exact) mass is 452 g/mol. The Kier molecular flexibility index (Phi) is 5.95. The molecule has 5 rings (SSSR count). The number of aromatic amines is 1. The maximum Gasteiger partial charge on any atom is 0.139 e. The summed E-state index contributed by atoms with van der Waals surface area (Å²) in [6, 6.07) is 9.42. The Bertz CT molecular complexity index is 1250. The highest BCUT2D eigenvalue weighted by atomic mass is 35.5. The molecular weight excluding hydrogens is 423 g/mol. The molecule has 0 spiro atoms. The second-order valence-corrected chi connectivity index (χ2v) is 9.67. The average Bonchev–Trinajstić information content (AvgIpc) is 3.37. The summed E-state index contributed by atoms with van der Waals surface area (Å²) in [5, 5.41) is 1.73. The van der Waals surface area contributed by atoms with Crippen LogP contribution in [0, 0.1) is 18.7 Å². The minimum Gasteiger partial charge on any atom is -0.346 e. The van der Waals surface area contributed by atoms with Gasteiger partial charge in [0.2, 0.25) is 0 Å². The number of nitrogens with one attached hydrogen (secondary N) is 1. The molecule has 0 saturated carbocycles. The zero-order chi connectivity index (χ0) is 22.2. The second-order valence-electron chi connectivity index (χ2n) is 9.27. The van der Waals surface area contributed by atoms with Gasteiger partial charge in [-0.3, -0.25) is 0 Å². The molecule has 0 atom stereocenters. The lowest BCUT2D eigenvalue weighted by molar-refractivity contribution is 0.209. The Hall–Kier alpha value is -2.37. The van der Waals surface area contributed by atoms with E-state index in [0.29, 0.717) is 11.1 Å². The van der Waals surface area contributed by atoms with Gasteiger partial charge in [0.15, 0.2) is 0 Å². The number of benzene rings is 2. The number of piperidine rings is 1. The van der Waals surface area contributed by atoms with Crippen LogP contribution in [-0.4, -0.2) is 39.6 Å². The fraction of sp³-hybridized carbons (Fsp3) is 0.423. The lowest BCUT2D eigenvalue weighted by Gasteiger charge is -2.28. The van der Waals surface area contributed by atoms with E-state index in [1.165, 1.54) is 44.8 Å². The number of aryl methyl sites for hydroxylation is 2. The number of imidazole rings is 1. The summed E-state index contributed by atoms with van der Waals surface area (Å²) in [5.74, 6) is 1.36. The first-order valence-corrected chi connectivity index (χ1v) is 12.0. The van der Waals surface area contributed by atoms with Crippen molar-refractivity contribution in [1.82, 2.24) is 19.4 Å². The number of aromatic nitrogens is 3. The van der Waals surface area contributed by atoms with E-state index >= 15 is 0 Å². The predicted molar refractivity (Wildman–Crippen MR) is 131 cm³/mol. The lowest BCUT2D eigenvalue weighted by atomic mass is 9.92. The van der Waals surface area contributed by atoms with Gasteiger partial charge >= 0.3 is 0 Å². The minimum atomic E-state index is -0.238. The first-order chi connectivity index (χ1) is 15.5. The summed E-state index contributed by atoms with van der Waals surface area (Å²) in [6.45, 7) is 5.19. The molecule has 1 saturated heterocycles. The molecule has 3 heterocycles. The van der Waals surface area contributed by atoms with Crippen LogP contribution in [0.15, 0.2) is 36.5 Å². The minimum absolute atomic E-state index is 0.238. The number of unbranched alkanes of at least 4 members (excludes halogenated alkanes) is 1. The van der Waals surface area contributed by atoms with Crippen LogP contribution in [0.2, 0.25) is 5.02 Å². The molecule has 0 amide bonds. The summed E-state index contributed by atoms with van der Waals surface area (Å²) in [5.41, 5.74) is 4.14. The molecule has 1 aliphatic rings. The average molecular weight is 453 g/mol. The maximum absolute atomic E-state index is 14.0. The van der Waals surface area contributed by atoms with E-state index in [-0.39, 0.29) is 5.82 Å². The number of halogens is 2. The summed E-state index contributed by atoms with van der Waals surface area (Å²) < 4.78 is 16.3. The predicted octanol–water partition coefficient (Wildman–Crippen LogP) is 6.80. The number of fused-ring (bicyclic) bond motifs is 2. The maximum atomic E-state index is 14.0. The standard InChI is InChI=1S/C26H30ClFN4/c1-17-21(28)9-10-22-25(17)30-26(29-22)19-7-5-8-23-24(19)20(27)16-32(23)13-4-3-6-18-11-14-31(2)15-12-18/h5,7-10,16,18H,3-4,6,11-15H2,1-2H3,(H,29,30). The van der Waals surface area contributed by atoms with E-state index < -0.39 is 0 Å². The third-order valence-corrected chi connectivity index (χ3v) is 7.34. The van der Waals surface area contributed by atoms with Crippen molar-refractivity contribution in [2.24, 2.45) is 5.92 Å². The van der Waals surface area contributed by atoms with E-state index in [1.54, 1.807) is 13.0 Å². The van der Waals surface area contributed by atoms with Crippen LogP contribution in [0.3, 0.4) is 0 Å². The van der Waals surface area contributed by atoms with Crippen molar-refractivity contribution >= 4 is 33.5 Å². The van der Waals surface area contributed by atoms with Crippen LogP contribution < -0.4 is 0 Å². The van der Waals surface area contributed by atoms with E-state index in [0.717, 1.165) is 51.7 Å². The summed E-state index contributed by atoms with van der Waals surface area (Å²) >= 11 is 6.71. The Balaban J connectivity index is 1.36. The van der Waals surface area contributed by atoms with Gasteiger partial charge in [0.25, 0.3) is 0 Å². The molecule has 0 unspecified atom stereocenters. The Morgan fingerprint density at radius 3 is 2.78 bits per heavy atom. The number of hydrogen-bond acceptors (Lipinski definition) is 2. The molecule has 2 aromatic heterocycles. The van der Waals surface area contributed by atoms with Crippen LogP contribution >= 0.6 is 11.6 Å². The van der Waals surface area contributed by atoms with Gasteiger partial charge in [-0.15, -0.1) is 0 Å². The van der Waals surface area contributed by atoms with E-state index in [1.807, 2.05) is 18.3 Å². The highest BCUT2D eigenvalue weighted by molar-refractivity contribution is 6.36. The van der Waals surface area contributed by atoms with Crippen LogP contribution in [0.5, 0.6) is 0 Å². The number of nitrogens with zero attached hydrogens (tertiary/aromatic N) is 3. The first kappa shape index (κ1) is 21.5. The summed E-state index contributed by atoms with van der Waals surface area (Å²) in [6.07, 6.45) is 8.43. The molecule has 0 bridgehead atoms. The van der Waals surface area contributed by atoms with Crippen molar-refractivity contribution in [1.29, 1.82) is 0 Å². The van der Waals surface area contributed by atoms with Crippen molar-refractivity contribution in [3.05, 3.63) is 52.9 Å². The fourth-order valence-corrected chi connectivity index (χ4v) is 5.38. The molecule has 0 radical (unpaired) electrons. The van der Waals surface area contributed by atoms with Gasteiger partial charge < -0.3 is 14.5 Å². The molecular formula is C26H30ClFN4. The van der Waals surface area contributed by atoms with Gasteiger partial charge in [-0.25, -0.2) is 9.37 Å². The Morgan fingerprint density at radius 2 is 1.97 bits per heavy atom. The molecule has 6 heteroatoms. The molecule has 4 aromatic rings. The van der Waals surface area contributed by atoms with Gasteiger partial charge in [0, 0.05) is 29.3 Å². The quantitative estimate of drug-likeness (QED) is 0.327. The molecule has 0 aliphatic carbocycles. The summed E-state index contributed by atoms with van der Waals surface area (Å²) in [4.78, 5) is 10.5. The highest BCUT2D eigenvalue weighted by Gasteiger charge is 2.18. The number of H-pyrrole nitrogens is 1. The largest absolute Gasteiger partial charge is 0.346 e. The Morgan fingerprint density at radius 1 is 1.16 bits per heavy atom. The number of likely N-dealkylation sites (tertiary alicyclic amines) is 1. The van der Waals surface area contributed by atoms with Gasteiger partial charge in [-0.2, -0.15) is 0 Å². The smallest absolute Gasteiger partial charge is 0.139 e. The lowest BCUT2D eigenvalue weighted by Crippen LogP contribution is -2.30. The third-order valence-electron chi connectivity index (χ3n) is 7.06. The third kappa shape index (κ3) is 4.04. The molecule has 1 N–H and O–H groups in total. The molecule has 4 nitrogen and oxygen atoms in total. The molecule has 1 aliphatic heterocycles. The number of rotatable bonds is 6. The van der Waals surface area contributed by atoms with E-state index in [9.17, 15) is 4.39 Å². The Labute approximate surface area is 193 Å². The van der Waals surface area contributed by atoms with Crippen molar-refractivity contribution in [2.75, 3.05) is 20.1 Å². The first-order valence-electron chi connectivity index (χ1n) is 11.6. The molecule has 1 fully saturated rings. The zero-order valence-electron chi connectivity index (χ0n) is 18.8. The topological polar surface area (TPSA) is 36.9 Å². The van der Waals surface area contributed by atoms with Crippen LogP contribution in [0.25, 0.3) is 33.3 Å². The number of hydrogen-bond donors (Lipinski definition) is 1. The van der Waals surface area contributed by atoms with Gasteiger partial charge in [-0.05, 0) is 70.4 Å². The molecule has 32 heavy (non-hydrogen) atoms. The SMILES string of the molecule is Cc1c(F)ccc2[nH]c(-c3cccc4c3c(Cl)cn4CCCCC3CCN(C)CC3)nc12. The van der Waals surface area contributed by atoms with Gasteiger partial charge in [0.05, 0.1) is 21.6 Å². The van der Waals surface area contributed by atoms with Gasteiger partial charge in [-0.1, -0.05) is 36.6 Å². The van der Waals surface area contributed by atoms with Crippen molar-refractivity contribution in [2.45, 2.75) is 45.6 Å². The summed E-state index contributed by atoms with van der Waals surface area (Å²) in [7, 11) is 2.22. The highest BCUT2D eigenvalue weighted by Crippen LogP contribution is 2.35. The van der Waals surface area contributed by atoms with Gasteiger partial charge in [0.1, 0.15) is 11.6 Å². The zero-order valence-corrected chi connectivity index (χ0v) is 19.6. The fourth-order valence-electron chi connectivity index (χ4n) is 5.06. The molecule has 2 aromatic carbocycles.